The van der Waals surface area contributed by atoms with Gasteiger partial charge in [-0.3, -0.25) is 0 Å². The molecule has 0 unspecified atom stereocenters. The molecule has 0 heterocycles. The van der Waals surface area contributed by atoms with E-state index in [9.17, 15) is 0 Å². The largest absolute Gasteiger partial charge is 0.382 e. The molecular formula is C9H15N3. The first-order valence-electron chi connectivity index (χ1n) is 3.93. The molecule has 12 heavy (non-hydrogen) atoms. The van der Waals surface area contributed by atoms with Crippen molar-refractivity contribution in [1.82, 2.24) is 0 Å². The van der Waals surface area contributed by atoms with E-state index in [1.807, 2.05) is 44.2 Å². The van der Waals surface area contributed by atoms with Crippen LogP contribution in [0.5, 0.6) is 0 Å². The first-order chi connectivity index (χ1) is 5.84. The van der Waals surface area contributed by atoms with Crippen LogP contribution in [0.3, 0.4) is 0 Å². The van der Waals surface area contributed by atoms with E-state index in [4.69, 9.17) is 11.6 Å². The maximum Gasteiger partial charge on any atom is 0.150 e. The highest BCUT2D eigenvalue weighted by molar-refractivity contribution is 5.97. The number of rotatable bonds is 1. The van der Waals surface area contributed by atoms with Crippen LogP contribution in [0.2, 0.25) is 0 Å². The van der Waals surface area contributed by atoms with Crippen molar-refractivity contribution in [2.75, 3.05) is 0 Å². The van der Waals surface area contributed by atoms with Crippen molar-refractivity contribution in [2.24, 2.45) is 16.7 Å². The Morgan fingerprint density at radius 2 is 1.67 bits per heavy atom. The van der Waals surface area contributed by atoms with Crippen LogP contribution in [0.1, 0.15) is 19.4 Å². The van der Waals surface area contributed by atoms with Crippen LogP contribution in [0, 0.1) is 0 Å². The lowest BCUT2D eigenvalue weighted by molar-refractivity contribution is 1.23. The van der Waals surface area contributed by atoms with Crippen molar-refractivity contribution in [3.8, 4) is 0 Å². The average Bonchev–Trinajstić information content (AvgIpc) is 2.21. The second kappa shape index (κ2) is 6.22. The van der Waals surface area contributed by atoms with Gasteiger partial charge < -0.3 is 11.6 Å². The van der Waals surface area contributed by atoms with Gasteiger partial charge in [0.15, 0.2) is 0 Å². The summed E-state index contributed by atoms with van der Waals surface area (Å²) >= 11 is 0. The molecule has 0 atom stereocenters. The molecule has 0 bridgehead atoms. The van der Waals surface area contributed by atoms with Crippen molar-refractivity contribution in [1.29, 1.82) is 0 Å². The molecule has 0 saturated heterocycles. The third kappa shape index (κ3) is 3.05. The monoisotopic (exact) mass is 165 g/mol. The highest BCUT2D eigenvalue weighted by atomic mass is 15.1. The Morgan fingerprint density at radius 1 is 1.17 bits per heavy atom. The van der Waals surface area contributed by atoms with E-state index >= 15 is 0 Å². The standard InChI is InChI=1S/C7H9N3.C2H6/c8-7(10-9)6-4-2-1-3-5-6;1-2/h1-5H,9H2,(H2,8,10);1-2H3. The summed E-state index contributed by atoms with van der Waals surface area (Å²) in [4.78, 5) is 0. The van der Waals surface area contributed by atoms with Gasteiger partial charge in [-0.05, 0) is 0 Å². The van der Waals surface area contributed by atoms with Crippen LogP contribution in [-0.4, -0.2) is 5.84 Å². The Kier molecular flexibility index (Phi) is 5.43. The van der Waals surface area contributed by atoms with E-state index in [1.54, 1.807) is 0 Å². The molecule has 4 N–H and O–H groups in total. The summed E-state index contributed by atoms with van der Waals surface area (Å²) < 4.78 is 0. The number of nitrogens with two attached hydrogens (primary N) is 2. The Balaban J connectivity index is 0.000000561. The minimum absolute atomic E-state index is 0.362. The summed E-state index contributed by atoms with van der Waals surface area (Å²) in [6.07, 6.45) is 0. The molecule has 0 aromatic heterocycles. The highest BCUT2D eigenvalue weighted by Crippen LogP contribution is 1.95. The van der Waals surface area contributed by atoms with Crippen LogP contribution in [0.25, 0.3) is 0 Å². The summed E-state index contributed by atoms with van der Waals surface area (Å²) in [5, 5.41) is 3.35. The van der Waals surface area contributed by atoms with E-state index in [1.165, 1.54) is 0 Å². The predicted octanol–water partition coefficient (Wildman–Crippen LogP) is 1.29. The quantitative estimate of drug-likeness (QED) is 0.285. The minimum atomic E-state index is 0.362. The summed E-state index contributed by atoms with van der Waals surface area (Å²) in [6, 6.07) is 9.38. The van der Waals surface area contributed by atoms with Gasteiger partial charge in [0.25, 0.3) is 0 Å². The van der Waals surface area contributed by atoms with E-state index in [0.29, 0.717) is 5.84 Å². The SMILES string of the molecule is CC.N/N=C(\N)c1ccccc1. The minimum Gasteiger partial charge on any atom is -0.382 e. The van der Waals surface area contributed by atoms with Gasteiger partial charge in [0, 0.05) is 5.56 Å². The summed E-state index contributed by atoms with van der Waals surface area (Å²) in [5.41, 5.74) is 6.27. The number of benzene rings is 1. The molecule has 0 spiro atoms. The fourth-order valence-corrected chi connectivity index (χ4v) is 0.683. The number of hydrazone groups is 1. The number of hydrogen-bond donors (Lipinski definition) is 2. The second-order valence-corrected chi connectivity index (χ2v) is 1.88. The molecule has 3 heteroatoms. The maximum atomic E-state index is 5.42. The van der Waals surface area contributed by atoms with Crippen molar-refractivity contribution >= 4 is 5.84 Å². The van der Waals surface area contributed by atoms with E-state index in [0.717, 1.165) is 5.56 Å². The lowest BCUT2D eigenvalue weighted by Crippen LogP contribution is -2.14. The normalized spacial score (nSPS) is 10.0. The Bertz CT molecular complexity index is 229. The van der Waals surface area contributed by atoms with E-state index < -0.39 is 0 Å². The highest BCUT2D eigenvalue weighted by Gasteiger charge is 1.92. The van der Waals surface area contributed by atoms with Gasteiger partial charge in [-0.15, -0.1) is 0 Å². The fourth-order valence-electron chi connectivity index (χ4n) is 0.683. The molecule has 1 aromatic carbocycles. The second-order valence-electron chi connectivity index (χ2n) is 1.88. The van der Waals surface area contributed by atoms with Gasteiger partial charge in [0.1, 0.15) is 5.84 Å². The summed E-state index contributed by atoms with van der Waals surface area (Å²) in [5.74, 6) is 5.33. The fraction of sp³-hybridized carbons (Fsp3) is 0.222. The zero-order valence-corrected chi connectivity index (χ0v) is 7.49. The van der Waals surface area contributed by atoms with Crippen molar-refractivity contribution in [2.45, 2.75) is 13.8 Å². The van der Waals surface area contributed by atoms with Crippen molar-refractivity contribution < 1.29 is 0 Å². The predicted molar refractivity (Wildman–Crippen MR) is 52.7 cm³/mol. The third-order valence-electron chi connectivity index (χ3n) is 1.21. The zero-order valence-electron chi connectivity index (χ0n) is 7.49. The lowest BCUT2D eigenvalue weighted by atomic mass is 10.2. The Labute approximate surface area is 73.1 Å². The van der Waals surface area contributed by atoms with Gasteiger partial charge in [-0.2, -0.15) is 5.10 Å². The van der Waals surface area contributed by atoms with Crippen LogP contribution in [-0.2, 0) is 0 Å². The molecule has 1 aromatic rings. The van der Waals surface area contributed by atoms with Crippen LogP contribution in [0.4, 0.5) is 0 Å². The van der Waals surface area contributed by atoms with Gasteiger partial charge in [0.05, 0.1) is 0 Å². The number of amidine groups is 1. The van der Waals surface area contributed by atoms with Gasteiger partial charge >= 0.3 is 0 Å². The van der Waals surface area contributed by atoms with Gasteiger partial charge in [0.2, 0.25) is 0 Å². The third-order valence-corrected chi connectivity index (χ3v) is 1.21. The van der Waals surface area contributed by atoms with E-state index in [2.05, 4.69) is 5.10 Å². The zero-order chi connectivity index (χ0) is 9.40. The molecule has 0 fully saturated rings. The number of nitrogens with zero attached hydrogens (tertiary/aromatic N) is 1. The smallest absolute Gasteiger partial charge is 0.150 e. The molecule has 66 valence electrons. The number of hydrogen-bond acceptors (Lipinski definition) is 2. The summed E-state index contributed by atoms with van der Waals surface area (Å²) in [6.45, 7) is 4.00. The molecule has 0 aliphatic rings. The topological polar surface area (TPSA) is 64.4 Å². The van der Waals surface area contributed by atoms with Crippen LogP contribution < -0.4 is 11.6 Å². The van der Waals surface area contributed by atoms with Gasteiger partial charge in [-0.25, -0.2) is 0 Å². The molecule has 1 rings (SSSR count). The summed E-state index contributed by atoms with van der Waals surface area (Å²) in [7, 11) is 0. The lowest BCUT2D eigenvalue weighted by Gasteiger charge is -1.95. The Hall–Kier alpha value is -1.51. The Morgan fingerprint density at radius 3 is 2.08 bits per heavy atom. The molecule has 0 amide bonds. The van der Waals surface area contributed by atoms with Crippen LogP contribution >= 0.6 is 0 Å². The first-order valence-corrected chi connectivity index (χ1v) is 3.93. The van der Waals surface area contributed by atoms with E-state index in [-0.39, 0.29) is 0 Å². The molecule has 0 radical (unpaired) electrons. The molecular weight excluding hydrogens is 150 g/mol. The molecule has 0 aliphatic carbocycles. The molecule has 0 aliphatic heterocycles. The average molecular weight is 165 g/mol. The maximum absolute atomic E-state index is 5.42. The molecule has 3 nitrogen and oxygen atoms in total. The van der Waals surface area contributed by atoms with Crippen molar-refractivity contribution in [3.63, 3.8) is 0 Å². The molecule has 0 saturated carbocycles. The van der Waals surface area contributed by atoms with Crippen molar-refractivity contribution in [3.05, 3.63) is 35.9 Å². The van der Waals surface area contributed by atoms with Crippen LogP contribution in [0.15, 0.2) is 35.4 Å². The van der Waals surface area contributed by atoms with Gasteiger partial charge in [-0.1, -0.05) is 44.2 Å². The first kappa shape index (κ1) is 10.5.